The molecule has 0 radical (unpaired) electrons. The Morgan fingerprint density at radius 1 is 0.943 bits per heavy atom. The summed E-state index contributed by atoms with van der Waals surface area (Å²) in [5.74, 6) is -3.61. The van der Waals surface area contributed by atoms with Crippen molar-refractivity contribution < 1.29 is 57.3 Å². The molecule has 0 bridgehead atoms. The zero-order valence-electron chi connectivity index (χ0n) is 19.2. The van der Waals surface area contributed by atoms with Crippen LogP contribution in [0.25, 0.3) is 0 Å². The molecule has 35 heavy (non-hydrogen) atoms. The van der Waals surface area contributed by atoms with Crippen LogP contribution in [-0.4, -0.2) is 72.4 Å². The van der Waals surface area contributed by atoms with E-state index in [4.69, 9.17) is 28.4 Å². The lowest BCUT2D eigenvalue weighted by atomic mass is 9.98. The first kappa shape index (κ1) is 27.2. The van der Waals surface area contributed by atoms with E-state index in [0.29, 0.717) is 6.29 Å². The Balaban J connectivity index is 2.55. The zero-order valence-corrected chi connectivity index (χ0v) is 19.2. The second-order valence-corrected chi connectivity index (χ2v) is 7.29. The third kappa shape index (κ3) is 7.46. The Hall–Kier alpha value is -4.07. The van der Waals surface area contributed by atoms with Gasteiger partial charge in [-0.2, -0.15) is 0 Å². The number of aldehydes is 1. The highest BCUT2D eigenvalue weighted by molar-refractivity contribution is 5.77. The Labute approximate surface area is 198 Å². The van der Waals surface area contributed by atoms with E-state index < -0.39 is 71.8 Å². The van der Waals surface area contributed by atoms with Crippen LogP contribution in [0.1, 0.15) is 38.1 Å². The molecule has 1 aliphatic heterocycles. The van der Waals surface area contributed by atoms with E-state index in [1.54, 1.807) is 0 Å². The van der Waals surface area contributed by atoms with Crippen LogP contribution in [0, 0.1) is 10.1 Å². The summed E-state index contributed by atoms with van der Waals surface area (Å²) in [6.07, 6.45) is -7.04. The van der Waals surface area contributed by atoms with E-state index in [9.17, 15) is 34.1 Å². The number of rotatable bonds is 9. The molecule has 0 saturated carbocycles. The topological polar surface area (TPSA) is 184 Å². The van der Waals surface area contributed by atoms with Gasteiger partial charge in [0.15, 0.2) is 18.0 Å². The van der Waals surface area contributed by atoms with Crippen LogP contribution >= 0.6 is 0 Å². The third-order valence-corrected chi connectivity index (χ3v) is 4.51. The van der Waals surface area contributed by atoms with Gasteiger partial charge in [0.1, 0.15) is 19.0 Å². The number of nitrogens with zero attached hydrogens (tertiary/aromatic N) is 1. The lowest BCUT2D eigenvalue weighted by molar-refractivity contribution is -0.387. The van der Waals surface area contributed by atoms with Crippen molar-refractivity contribution in [3.05, 3.63) is 33.9 Å². The lowest BCUT2D eigenvalue weighted by Gasteiger charge is -2.43. The normalized spacial score (nSPS) is 23.4. The average Bonchev–Trinajstić information content (AvgIpc) is 2.75. The highest BCUT2D eigenvalue weighted by Gasteiger charge is 2.53. The van der Waals surface area contributed by atoms with Crippen molar-refractivity contribution in [3.63, 3.8) is 0 Å². The fourth-order valence-corrected chi connectivity index (χ4v) is 3.26. The molecule has 1 aliphatic rings. The Morgan fingerprint density at radius 2 is 1.51 bits per heavy atom. The van der Waals surface area contributed by atoms with Crippen molar-refractivity contribution in [1.82, 2.24) is 0 Å². The first-order valence-electron chi connectivity index (χ1n) is 10.1. The molecule has 1 aromatic carbocycles. The largest absolute Gasteiger partial charge is 0.463 e. The van der Waals surface area contributed by atoms with Gasteiger partial charge in [-0.15, -0.1) is 0 Å². The number of hydrogen-bond donors (Lipinski definition) is 0. The van der Waals surface area contributed by atoms with E-state index in [1.807, 2.05) is 0 Å². The molecule has 1 saturated heterocycles. The standard InChI is InChI=1S/C21H23NO13/c1-10(24)30-9-17-18(31-11(2)25)19(32-12(3)26)20(33-13(4)27)21(35-17)34-16-6-5-14(8-23)7-15(16)22(28)29/h5-8,17-21H,9H2,1-4H3. The molecule has 14 heteroatoms. The smallest absolute Gasteiger partial charge is 0.311 e. The molecule has 2 rings (SSSR count). The molecule has 0 N–H and O–H groups in total. The van der Waals surface area contributed by atoms with Crippen molar-refractivity contribution in [2.75, 3.05) is 6.61 Å². The zero-order chi connectivity index (χ0) is 26.3. The molecular weight excluding hydrogens is 474 g/mol. The van der Waals surface area contributed by atoms with E-state index in [1.165, 1.54) is 6.07 Å². The quantitative estimate of drug-likeness (QED) is 0.154. The second kappa shape index (κ2) is 11.9. The maximum atomic E-state index is 11.8. The summed E-state index contributed by atoms with van der Waals surface area (Å²) in [4.78, 5) is 68.5. The molecular formula is C21H23NO13. The molecule has 14 nitrogen and oxygen atoms in total. The van der Waals surface area contributed by atoms with Crippen molar-refractivity contribution in [1.29, 1.82) is 0 Å². The first-order chi connectivity index (χ1) is 16.4. The highest BCUT2D eigenvalue weighted by Crippen LogP contribution is 2.34. The number of benzene rings is 1. The van der Waals surface area contributed by atoms with Gasteiger partial charge in [-0.05, 0) is 12.1 Å². The summed E-state index contributed by atoms with van der Waals surface area (Å²) in [6, 6.07) is 3.31. The van der Waals surface area contributed by atoms with E-state index in [2.05, 4.69) is 0 Å². The van der Waals surface area contributed by atoms with Crippen LogP contribution in [0.2, 0.25) is 0 Å². The minimum Gasteiger partial charge on any atom is -0.463 e. The number of hydrogen-bond acceptors (Lipinski definition) is 13. The molecule has 0 spiro atoms. The molecule has 1 heterocycles. The third-order valence-electron chi connectivity index (χ3n) is 4.51. The van der Waals surface area contributed by atoms with Crippen LogP contribution in [-0.2, 0) is 42.9 Å². The van der Waals surface area contributed by atoms with Gasteiger partial charge in [0.05, 0.1) is 4.92 Å². The number of ether oxygens (including phenoxy) is 6. The molecule has 1 fully saturated rings. The number of nitro benzene ring substituents is 1. The predicted molar refractivity (Wildman–Crippen MR) is 111 cm³/mol. The van der Waals surface area contributed by atoms with Gasteiger partial charge >= 0.3 is 29.6 Å². The van der Waals surface area contributed by atoms with Crippen molar-refractivity contribution in [2.45, 2.75) is 58.4 Å². The molecule has 5 atom stereocenters. The minimum absolute atomic E-state index is 0.00871. The lowest BCUT2D eigenvalue weighted by Crippen LogP contribution is -2.63. The maximum Gasteiger partial charge on any atom is 0.311 e. The Kier molecular flexibility index (Phi) is 9.22. The van der Waals surface area contributed by atoms with Crippen LogP contribution in [0.3, 0.4) is 0 Å². The van der Waals surface area contributed by atoms with Crippen molar-refractivity contribution in [3.8, 4) is 5.75 Å². The van der Waals surface area contributed by atoms with Crippen LogP contribution in [0.4, 0.5) is 5.69 Å². The summed E-state index contributed by atoms with van der Waals surface area (Å²) in [5, 5.41) is 11.5. The molecule has 190 valence electrons. The number of nitro groups is 1. The minimum atomic E-state index is -1.66. The summed E-state index contributed by atoms with van der Waals surface area (Å²) in [7, 11) is 0. The summed E-state index contributed by atoms with van der Waals surface area (Å²) >= 11 is 0. The maximum absolute atomic E-state index is 11.8. The van der Waals surface area contributed by atoms with Gasteiger partial charge in [-0.25, -0.2) is 0 Å². The van der Waals surface area contributed by atoms with Gasteiger partial charge in [0, 0.05) is 39.3 Å². The van der Waals surface area contributed by atoms with Crippen LogP contribution in [0.5, 0.6) is 5.75 Å². The SMILES string of the molecule is CC(=O)OCC1OC(Oc2ccc(C=O)cc2[N+](=O)[O-])C(OC(C)=O)C(OC(C)=O)C1OC(C)=O. The van der Waals surface area contributed by atoms with Crippen LogP contribution in [0.15, 0.2) is 18.2 Å². The van der Waals surface area contributed by atoms with E-state index in [-0.39, 0.29) is 11.3 Å². The molecule has 5 unspecified atom stereocenters. The molecule has 1 aromatic rings. The van der Waals surface area contributed by atoms with Gasteiger partial charge in [0.2, 0.25) is 12.4 Å². The van der Waals surface area contributed by atoms with E-state index >= 15 is 0 Å². The second-order valence-electron chi connectivity index (χ2n) is 7.29. The number of carbonyl (C=O) groups is 5. The van der Waals surface area contributed by atoms with Gasteiger partial charge in [0.25, 0.3) is 0 Å². The fourth-order valence-electron chi connectivity index (χ4n) is 3.26. The van der Waals surface area contributed by atoms with Gasteiger partial charge in [-0.3, -0.25) is 34.1 Å². The fraction of sp³-hybridized carbons (Fsp3) is 0.476. The number of carbonyl (C=O) groups excluding carboxylic acids is 5. The molecule has 0 amide bonds. The molecule has 0 aliphatic carbocycles. The van der Waals surface area contributed by atoms with E-state index in [0.717, 1.165) is 39.8 Å². The summed E-state index contributed by atoms with van der Waals surface area (Å²) < 4.78 is 32.0. The Morgan fingerprint density at radius 3 is 2.03 bits per heavy atom. The molecule has 0 aromatic heterocycles. The van der Waals surface area contributed by atoms with Gasteiger partial charge in [-0.1, -0.05) is 0 Å². The van der Waals surface area contributed by atoms with Gasteiger partial charge < -0.3 is 28.4 Å². The monoisotopic (exact) mass is 497 g/mol. The first-order valence-corrected chi connectivity index (χ1v) is 10.1. The number of esters is 4. The summed E-state index contributed by atoms with van der Waals surface area (Å²) in [6.45, 7) is 3.76. The van der Waals surface area contributed by atoms with Crippen LogP contribution < -0.4 is 4.74 Å². The Bertz CT molecular complexity index is 1010. The van der Waals surface area contributed by atoms with Crippen molar-refractivity contribution >= 4 is 35.9 Å². The van der Waals surface area contributed by atoms with Crippen molar-refractivity contribution in [2.24, 2.45) is 0 Å². The highest BCUT2D eigenvalue weighted by atomic mass is 16.7. The summed E-state index contributed by atoms with van der Waals surface area (Å²) in [5.41, 5.74) is -0.618. The predicted octanol–water partition coefficient (Wildman–Crippen LogP) is 0.869. The average molecular weight is 497 g/mol.